The molecule has 1 N–H and O–H groups in total. The van der Waals surface area contributed by atoms with E-state index in [9.17, 15) is 0 Å². The number of amidine groups is 1. The van der Waals surface area contributed by atoms with Crippen LogP contribution >= 0.6 is 0 Å². The van der Waals surface area contributed by atoms with Crippen molar-refractivity contribution in [2.45, 2.75) is 84.0 Å². The maximum Gasteiger partial charge on any atom is 0.198 e. The van der Waals surface area contributed by atoms with Gasteiger partial charge in [0.1, 0.15) is 0 Å². The van der Waals surface area contributed by atoms with E-state index < -0.39 is 0 Å². The number of aliphatic hydroxyl groups excluding tert-OH is 1. The lowest BCUT2D eigenvalue weighted by molar-refractivity contribution is -0.814. The lowest BCUT2D eigenvalue weighted by Crippen LogP contribution is -2.45. The molecule has 1 unspecified atom stereocenters. The Labute approximate surface area is 138 Å². The van der Waals surface area contributed by atoms with Gasteiger partial charge in [-0.25, -0.2) is 4.99 Å². The van der Waals surface area contributed by atoms with Gasteiger partial charge in [0, 0.05) is 12.8 Å². The summed E-state index contributed by atoms with van der Waals surface area (Å²) in [5, 5.41) is 8.95. The molecule has 0 aromatic carbocycles. The van der Waals surface area contributed by atoms with Crippen LogP contribution in [0.1, 0.15) is 84.0 Å². The van der Waals surface area contributed by atoms with Crippen LogP contribution in [0.5, 0.6) is 0 Å². The van der Waals surface area contributed by atoms with E-state index in [1.165, 1.54) is 89.6 Å². The highest BCUT2D eigenvalue weighted by molar-refractivity contribution is 5.76. The average Bonchev–Trinajstić information content (AvgIpc) is 2.88. The SMILES string of the molecule is CCCCCCCCCCCC[N+]1(C)CCCC1=NCCO. The molecule has 0 bridgehead atoms. The second-order valence-corrected chi connectivity index (χ2v) is 7.15. The van der Waals surface area contributed by atoms with E-state index >= 15 is 0 Å². The molecule has 0 aliphatic carbocycles. The van der Waals surface area contributed by atoms with Crippen LogP contribution in [0, 0.1) is 0 Å². The standard InChI is InChI=1S/C19H39N2O/c1-3-4-5-6-7-8-9-10-11-12-16-21(2)17-13-14-19(21)20-15-18-22/h22H,3-18H2,1-2H3/q+1. The smallest absolute Gasteiger partial charge is 0.198 e. The molecule has 0 spiro atoms. The van der Waals surface area contributed by atoms with Gasteiger partial charge in [-0.3, -0.25) is 4.48 Å². The number of unbranched alkanes of at least 4 members (excludes halogenated alkanes) is 9. The second-order valence-electron chi connectivity index (χ2n) is 7.15. The normalized spacial score (nSPS) is 23.5. The van der Waals surface area contributed by atoms with Gasteiger partial charge in [-0.1, -0.05) is 58.3 Å². The monoisotopic (exact) mass is 311 g/mol. The van der Waals surface area contributed by atoms with Crippen molar-refractivity contribution in [2.75, 3.05) is 33.3 Å². The number of aliphatic hydroxyl groups is 1. The average molecular weight is 312 g/mol. The van der Waals surface area contributed by atoms with Crippen LogP contribution in [0.2, 0.25) is 0 Å². The largest absolute Gasteiger partial charge is 0.394 e. The second kappa shape index (κ2) is 12.1. The third-order valence-electron chi connectivity index (χ3n) is 5.07. The zero-order valence-corrected chi connectivity index (χ0v) is 15.2. The lowest BCUT2D eigenvalue weighted by Gasteiger charge is -2.29. The van der Waals surface area contributed by atoms with Crippen molar-refractivity contribution in [3.63, 3.8) is 0 Å². The molecular weight excluding hydrogens is 272 g/mol. The minimum absolute atomic E-state index is 0.182. The summed E-state index contributed by atoms with van der Waals surface area (Å²) in [6.07, 6.45) is 16.4. The summed E-state index contributed by atoms with van der Waals surface area (Å²) in [5.74, 6) is 1.32. The minimum Gasteiger partial charge on any atom is -0.394 e. The maximum atomic E-state index is 8.95. The first-order valence-corrected chi connectivity index (χ1v) is 9.72. The van der Waals surface area contributed by atoms with Gasteiger partial charge in [-0.05, 0) is 12.8 Å². The fraction of sp³-hybridized carbons (Fsp3) is 0.947. The van der Waals surface area contributed by atoms with Gasteiger partial charge in [0.2, 0.25) is 0 Å². The molecule has 0 aromatic heterocycles. The summed E-state index contributed by atoms with van der Waals surface area (Å²) in [4.78, 5) is 4.60. The fourth-order valence-corrected chi connectivity index (χ4v) is 3.60. The number of rotatable bonds is 13. The molecule has 1 aliphatic rings. The molecule has 1 saturated heterocycles. The van der Waals surface area contributed by atoms with E-state index in [0.29, 0.717) is 6.54 Å². The summed E-state index contributed by atoms with van der Waals surface area (Å²) in [7, 11) is 2.33. The van der Waals surface area contributed by atoms with E-state index in [2.05, 4.69) is 19.0 Å². The first-order chi connectivity index (χ1) is 10.7. The Morgan fingerprint density at radius 3 is 2.14 bits per heavy atom. The highest BCUT2D eigenvalue weighted by Crippen LogP contribution is 2.21. The zero-order chi connectivity index (χ0) is 16.1. The molecule has 0 saturated carbocycles. The number of aliphatic imine (C=N–C) groups is 1. The molecule has 0 amide bonds. The summed E-state index contributed by atoms with van der Waals surface area (Å²) in [6, 6.07) is 0. The quantitative estimate of drug-likeness (QED) is 0.393. The van der Waals surface area contributed by atoms with Crippen LogP contribution in [-0.4, -0.2) is 48.7 Å². The predicted octanol–water partition coefficient (Wildman–Crippen LogP) is 4.54. The lowest BCUT2D eigenvalue weighted by atomic mass is 10.1. The number of quaternary nitrogens is 1. The Morgan fingerprint density at radius 2 is 1.55 bits per heavy atom. The van der Waals surface area contributed by atoms with Gasteiger partial charge < -0.3 is 5.11 Å². The first kappa shape index (κ1) is 19.6. The third kappa shape index (κ3) is 7.73. The molecule has 1 aliphatic heterocycles. The summed E-state index contributed by atoms with van der Waals surface area (Å²) >= 11 is 0. The molecule has 3 nitrogen and oxygen atoms in total. The van der Waals surface area contributed by atoms with Gasteiger partial charge in [0.15, 0.2) is 5.84 Å². The van der Waals surface area contributed by atoms with E-state index in [1.54, 1.807) is 0 Å². The number of nitrogens with zero attached hydrogens (tertiary/aromatic N) is 2. The molecule has 1 atom stereocenters. The Kier molecular flexibility index (Phi) is 10.8. The third-order valence-corrected chi connectivity index (χ3v) is 5.07. The Bertz CT molecular complexity index is 304. The van der Waals surface area contributed by atoms with Gasteiger partial charge in [0.05, 0.1) is 33.3 Å². The van der Waals surface area contributed by atoms with Crippen molar-refractivity contribution in [3.05, 3.63) is 0 Å². The highest BCUT2D eigenvalue weighted by Gasteiger charge is 2.33. The molecule has 1 rings (SSSR count). The van der Waals surface area contributed by atoms with E-state index in [1.807, 2.05) is 0 Å². The topological polar surface area (TPSA) is 32.6 Å². The maximum absolute atomic E-state index is 8.95. The van der Waals surface area contributed by atoms with Gasteiger partial charge in [-0.15, -0.1) is 0 Å². The van der Waals surface area contributed by atoms with Gasteiger partial charge in [0.25, 0.3) is 0 Å². The van der Waals surface area contributed by atoms with E-state index in [4.69, 9.17) is 5.11 Å². The molecule has 0 aromatic rings. The van der Waals surface area contributed by atoms with Crippen LogP contribution < -0.4 is 0 Å². The van der Waals surface area contributed by atoms with E-state index in [-0.39, 0.29) is 6.61 Å². The number of hydrogen-bond acceptors (Lipinski definition) is 2. The van der Waals surface area contributed by atoms with Crippen LogP contribution in [0.3, 0.4) is 0 Å². The van der Waals surface area contributed by atoms with Crippen LogP contribution in [-0.2, 0) is 0 Å². The molecular formula is C19H39N2O+. The zero-order valence-electron chi connectivity index (χ0n) is 15.2. The van der Waals surface area contributed by atoms with Crippen molar-refractivity contribution in [1.82, 2.24) is 0 Å². The van der Waals surface area contributed by atoms with E-state index in [0.717, 1.165) is 10.9 Å². The van der Waals surface area contributed by atoms with Gasteiger partial charge in [-0.2, -0.15) is 0 Å². The number of hydrogen-bond donors (Lipinski definition) is 1. The van der Waals surface area contributed by atoms with Crippen molar-refractivity contribution < 1.29 is 9.59 Å². The van der Waals surface area contributed by atoms with Gasteiger partial charge >= 0.3 is 0 Å². The molecule has 0 radical (unpaired) electrons. The van der Waals surface area contributed by atoms with Crippen molar-refractivity contribution in [1.29, 1.82) is 0 Å². The summed E-state index contributed by atoms with van der Waals surface area (Å²) < 4.78 is 1.04. The van der Waals surface area contributed by atoms with Crippen molar-refractivity contribution in [3.8, 4) is 0 Å². The Balaban J connectivity index is 2.04. The van der Waals surface area contributed by atoms with Crippen molar-refractivity contribution >= 4 is 5.84 Å². The van der Waals surface area contributed by atoms with Crippen LogP contribution in [0.4, 0.5) is 0 Å². The summed E-state index contributed by atoms with van der Waals surface area (Å²) in [5.41, 5.74) is 0. The first-order valence-electron chi connectivity index (χ1n) is 9.72. The fourth-order valence-electron chi connectivity index (χ4n) is 3.60. The summed E-state index contributed by atoms with van der Waals surface area (Å²) in [6.45, 7) is 5.52. The number of likely N-dealkylation sites (tertiary alicyclic amines) is 1. The van der Waals surface area contributed by atoms with Crippen LogP contribution in [0.25, 0.3) is 0 Å². The molecule has 3 heteroatoms. The highest BCUT2D eigenvalue weighted by atomic mass is 16.3. The molecule has 1 heterocycles. The predicted molar refractivity (Wildman–Crippen MR) is 96.4 cm³/mol. The minimum atomic E-state index is 0.182. The van der Waals surface area contributed by atoms with Crippen LogP contribution in [0.15, 0.2) is 4.99 Å². The molecule has 1 fully saturated rings. The molecule has 130 valence electrons. The Morgan fingerprint density at radius 1 is 0.955 bits per heavy atom. The van der Waals surface area contributed by atoms with Crippen molar-refractivity contribution in [2.24, 2.45) is 4.99 Å². The molecule has 22 heavy (non-hydrogen) atoms. The Hall–Kier alpha value is -0.410.